The van der Waals surface area contributed by atoms with Crippen molar-refractivity contribution in [1.82, 2.24) is 4.90 Å². The molecule has 3 heterocycles. The van der Waals surface area contributed by atoms with Crippen molar-refractivity contribution in [2.75, 3.05) is 26.3 Å². The molecule has 2 aromatic rings. The van der Waals surface area contributed by atoms with Gasteiger partial charge in [-0.2, -0.15) is 0 Å². The van der Waals surface area contributed by atoms with Gasteiger partial charge in [0.2, 0.25) is 0 Å². The third-order valence-electron chi connectivity index (χ3n) is 4.60. The molecule has 2 saturated heterocycles. The van der Waals surface area contributed by atoms with Gasteiger partial charge in [0.1, 0.15) is 0 Å². The molecule has 3 nitrogen and oxygen atoms in total. The lowest BCUT2D eigenvalue weighted by atomic mass is 9.73. The van der Waals surface area contributed by atoms with E-state index in [1.54, 1.807) is 11.3 Å². The van der Waals surface area contributed by atoms with Crippen LogP contribution < -0.4 is 0 Å². The zero-order chi connectivity index (χ0) is 13.6. The van der Waals surface area contributed by atoms with Crippen LogP contribution in [0.3, 0.4) is 0 Å². The Morgan fingerprint density at radius 3 is 2.75 bits per heavy atom. The van der Waals surface area contributed by atoms with E-state index in [2.05, 4.69) is 6.07 Å². The SMILES string of the molecule is O=C(c1csc2ccccc12)N1CC2(CCOCC2)C1. The van der Waals surface area contributed by atoms with Crippen molar-refractivity contribution in [3.8, 4) is 0 Å². The normalized spacial score (nSPS) is 21.1. The number of hydrogen-bond donors (Lipinski definition) is 0. The van der Waals surface area contributed by atoms with Gasteiger partial charge in [-0.1, -0.05) is 18.2 Å². The minimum Gasteiger partial charge on any atom is -0.381 e. The Morgan fingerprint density at radius 1 is 1.20 bits per heavy atom. The molecule has 0 bridgehead atoms. The van der Waals surface area contributed by atoms with Gasteiger partial charge in [0, 0.05) is 47.2 Å². The van der Waals surface area contributed by atoms with Gasteiger partial charge in [-0.3, -0.25) is 4.79 Å². The Hall–Kier alpha value is -1.39. The first-order chi connectivity index (χ1) is 9.77. The van der Waals surface area contributed by atoms with E-state index in [0.717, 1.165) is 50.1 Å². The Bertz CT molecular complexity index is 649. The van der Waals surface area contributed by atoms with Crippen LogP contribution in [0.2, 0.25) is 0 Å². The molecule has 1 amide bonds. The fourth-order valence-corrected chi connectivity index (χ4v) is 4.28. The minimum atomic E-state index is 0.194. The molecule has 0 N–H and O–H groups in total. The van der Waals surface area contributed by atoms with Crippen molar-refractivity contribution in [1.29, 1.82) is 0 Å². The summed E-state index contributed by atoms with van der Waals surface area (Å²) in [5, 5.41) is 3.09. The third kappa shape index (κ3) is 1.86. The largest absolute Gasteiger partial charge is 0.381 e. The topological polar surface area (TPSA) is 29.5 Å². The van der Waals surface area contributed by atoms with Crippen LogP contribution in [-0.4, -0.2) is 37.1 Å². The number of nitrogens with zero attached hydrogens (tertiary/aromatic N) is 1. The maximum Gasteiger partial charge on any atom is 0.255 e. The summed E-state index contributed by atoms with van der Waals surface area (Å²) in [7, 11) is 0. The van der Waals surface area contributed by atoms with Crippen LogP contribution in [0.15, 0.2) is 29.6 Å². The molecular formula is C16H17NO2S. The van der Waals surface area contributed by atoms with Gasteiger partial charge < -0.3 is 9.64 Å². The molecule has 0 aliphatic carbocycles. The van der Waals surface area contributed by atoms with Crippen LogP contribution in [0.1, 0.15) is 23.2 Å². The van der Waals surface area contributed by atoms with Crippen LogP contribution in [0.5, 0.6) is 0 Å². The number of likely N-dealkylation sites (tertiary alicyclic amines) is 1. The maximum absolute atomic E-state index is 12.6. The van der Waals surface area contributed by atoms with Gasteiger partial charge in [-0.15, -0.1) is 11.3 Å². The van der Waals surface area contributed by atoms with Crippen molar-refractivity contribution in [2.24, 2.45) is 5.41 Å². The van der Waals surface area contributed by atoms with Gasteiger partial charge in [0.25, 0.3) is 5.91 Å². The lowest BCUT2D eigenvalue weighted by Crippen LogP contribution is -2.60. The molecular weight excluding hydrogens is 270 g/mol. The van der Waals surface area contributed by atoms with Gasteiger partial charge in [-0.05, 0) is 18.9 Å². The molecule has 2 aliphatic rings. The highest BCUT2D eigenvalue weighted by Crippen LogP contribution is 2.41. The molecule has 0 atom stereocenters. The van der Waals surface area contributed by atoms with Crippen molar-refractivity contribution >= 4 is 27.3 Å². The van der Waals surface area contributed by atoms with Crippen LogP contribution >= 0.6 is 11.3 Å². The lowest BCUT2D eigenvalue weighted by Gasteiger charge is -2.52. The summed E-state index contributed by atoms with van der Waals surface area (Å²) in [4.78, 5) is 14.6. The quantitative estimate of drug-likeness (QED) is 0.806. The molecule has 1 spiro atoms. The van der Waals surface area contributed by atoms with Crippen molar-refractivity contribution < 1.29 is 9.53 Å². The zero-order valence-corrected chi connectivity index (χ0v) is 12.1. The average Bonchev–Trinajstić information content (AvgIpc) is 2.89. The summed E-state index contributed by atoms with van der Waals surface area (Å²) in [6, 6.07) is 8.14. The molecule has 1 aromatic heterocycles. The van der Waals surface area contributed by atoms with E-state index in [9.17, 15) is 4.79 Å². The van der Waals surface area contributed by atoms with Crippen molar-refractivity contribution in [3.63, 3.8) is 0 Å². The highest BCUT2D eigenvalue weighted by molar-refractivity contribution is 7.17. The van der Waals surface area contributed by atoms with E-state index >= 15 is 0 Å². The molecule has 0 radical (unpaired) electrons. The summed E-state index contributed by atoms with van der Waals surface area (Å²) in [6.45, 7) is 3.51. The number of rotatable bonds is 1. The number of hydrogen-bond acceptors (Lipinski definition) is 3. The summed E-state index contributed by atoms with van der Waals surface area (Å²) in [6.07, 6.45) is 2.20. The van der Waals surface area contributed by atoms with Gasteiger partial charge >= 0.3 is 0 Å². The second-order valence-corrected chi connectivity index (χ2v) is 6.83. The summed E-state index contributed by atoms with van der Waals surface area (Å²) >= 11 is 1.65. The number of amides is 1. The Kier molecular flexibility index (Phi) is 2.82. The molecule has 2 fully saturated rings. The van der Waals surface area contributed by atoms with E-state index in [1.165, 1.54) is 4.70 Å². The zero-order valence-electron chi connectivity index (χ0n) is 11.3. The van der Waals surface area contributed by atoms with Gasteiger partial charge in [0.15, 0.2) is 0 Å². The summed E-state index contributed by atoms with van der Waals surface area (Å²) < 4.78 is 6.62. The number of benzene rings is 1. The van der Waals surface area contributed by atoms with Crippen LogP contribution in [0.25, 0.3) is 10.1 Å². The van der Waals surface area contributed by atoms with Crippen LogP contribution in [0, 0.1) is 5.41 Å². The minimum absolute atomic E-state index is 0.194. The first kappa shape index (κ1) is 12.4. The van der Waals surface area contributed by atoms with E-state index in [-0.39, 0.29) is 5.91 Å². The molecule has 0 saturated carbocycles. The lowest BCUT2D eigenvalue weighted by molar-refractivity contribution is -0.0665. The summed E-state index contributed by atoms with van der Waals surface area (Å²) in [5.41, 5.74) is 1.22. The van der Waals surface area contributed by atoms with Crippen molar-refractivity contribution in [3.05, 3.63) is 35.2 Å². The number of fused-ring (bicyclic) bond motifs is 1. The van der Waals surface area contributed by atoms with Crippen LogP contribution in [0.4, 0.5) is 0 Å². The maximum atomic E-state index is 12.6. The number of thiophene rings is 1. The van der Waals surface area contributed by atoms with E-state index in [4.69, 9.17) is 4.74 Å². The molecule has 4 heteroatoms. The van der Waals surface area contributed by atoms with E-state index in [0.29, 0.717) is 5.41 Å². The average molecular weight is 287 g/mol. The molecule has 20 heavy (non-hydrogen) atoms. The van der Waals surface area contributed by atoms with Crippen molar-refractivity contribution in [2.45, 2.75) is 12.8 Å². The molecule has 4 rings (SSSR count). The predicted molar refractivity (Wildman–Crippen MR) is 80.2 cm³/mol. The summed E-state index contributed by atoms with van der Waals surface area (Å²) in [5.74, 6) is 0.194. The molecule has 1 aromatic carbocycles. The fourth-order valence-electron chi connectivity index (χ4n) is 3.34. The number of ether oxygens (including phenoxy) is 1. The van der Waals surface area contributed by atoms with E-state index < -0.39 is 0 Å². The molecule has 104 valence electrons. The third-order valence-corrected chi connectivity index (χ3v) is 5.57. The Labute approximate surface area is 122 Å². The van der Waals surface area contributed by atoms with E-state index in [1.807, 2.05) is 28.5 Å². The molecule has 0 unspecified atom stereocenters. The fraction of sp³-hybridized carbons (Fsp3) is 0.438. The van der Waals surface area contributed by atoms with Gasteiger partial charge in [-0.25, -0.2) is 0 Å². The standard InChI is InChI=1S/C16H17NO2S/c18-15(13-9-20-14-4-2-1-3-12(13)14)17-10-16(11-17)5-7-19-8-6-16/h1-4,9H,5-8,10-11H2. The molecule has 2 aliphatic heterocycles. The number of carbonyl (C=O) groups excluding carboxylic acids is 1. The Balaban J connectivity index is 1.54. The number of carbonyl (C=O) groups is 1. The highest BCUT2D eigenvalue weighted by atomic mass is 32.1. The van der Waals surface area contributed by atoms with Crippen LogP contribution in [-0.2, 0) is 4.74 Å². The first-order valence-corrected chi connectivity index (χ1v) is 7.99. The van der Waals surface area contributed by atoms with Gasteiger partial charge in [0.05, 0.1) is 5.56 Å². The second kappa shape index (κ2) is 4.57. The Morgan fingerprint density at radius 2 is 1.95 bits per heavy atom. The smallest absolute Gasteiger partial charge is 0.255 e. The second-order valence-electron chi connectivity index (χ2n) is 5.92. The first-order valence-electron chi connectivity index (χ1n) is 7.11. The highest BCUT2D eigenvalue weighted by Gasteiger charge is 2.46. The monoisotopic (exact) mass is 287 g/mol. The predicted octanol–water partition coefficient (Wildman–Crippen LogP) is 3.15.